The van der Waals surface area contributed by atoms with E-state index in [2.05, 4.69) is 84.4 Å². The van der Waals surface area contributed by atoms with Crippen LogP contribution in [0.4, 0.5) is 0 Å². The van der Waals surface area contributed by atoms with Gasteiger partial charge in [0.1, 0.15) is 0 Å². The first-order valence-electron chi connectivity index (χ1n) is 23.8. The highest BCUT2D eigenvalue weighted by Gasteiger charge is 3.43. The maximum absolute atomic E-state index is 5.19. The van der Waals surface area contributed by atoms with Crippen molar-refractivity contribution in [1.29, 1.82) is 0 Å². The van der Waals surface area contributed by atoms with E-state index in [9.17, 15) is 0 Å². The van der Waals surface area contributed by atoms with E-state index in [1.807, 2.05) is 151 Å². The molecule has 10 saturated heterocycles. The average molecular weight is 1350 g/mol. The third-order valence-electron chi connectivity index (χ3n) is 19.9. The maximum Gasteiger partial charge on any atom is 0.0718 e. The van der Waals surface area contributed by atoms with Crippen LogP contribution in [0, 0.1) is 0 Å². The van der Waals surface area contributed by atoms with Gasteiger partial charge in [0.2, 0.25) is 0 Å². The molecular weight excluding hydrogens is 1310 g/mol. The van der Waals surface area contributed by atoms with Crippen LogP contribution in [0.3, 0.4) is 0 Å². The largest absolute Gasteiger partial charge is 0.249 e. The molecule has 0 nitrogen and oxygen atoms in total. The van der Waals surface area contributed by atoms with Crippen LogP contribution >= 0.6 is 279 Å². The van der Waals surface area contributed by atoms with Crippen LogP contribution in [0.25, 0.3) is 0 Å². The summed E-state index contributed by atoms with van der Waals surface area (Å²) in [6.45, 7) is 4.58. The first kappa shape index (κ1) is 48.3. The Balaban J connectivity index is 0.482. The minimum absolute atomic E-state index is 0.306. The van der Waals surface area contributed by atoms with Crippen molar-refractivity contribution in [3.05, 3.63) is 87.4 Å². The number of thiol groups is 4. The predicted molar refractivity (Wildman–Crippen MR) is 366 cm³/mol. The van der Waals surface area contributed by atoms with Crippen LogP contribution < -0.4 is 0 Å². The van der Waals surface area contributed by atoms with Gasteiger partial charge in [0.05, 0.1) is 67.8 Å². The third kappa shape index (κ3) is 5.30. The molecule has 0 aliphatic carbocycles. The molecular formula is C45H44S24. The Kier molecular flexibility index (Phi) is 10.6. The predicted octanol–water partition coefficient (Wildman–Crippen LogP) is 20.9. The lowest BCUT2D eigenvalue weighted by atomic mass is 10.1. The fourth-order valence-corrected chi connectivity index (χ4v) is 78.1. The monoisotopic (exact) mass is 1350 g/mol. The molecule has 0 saturated carbocycles. The molecule has 0 amide bonds. The number of unbranched alkanes of at least 4 members (excludes halogenated alkanes) is 4. The van der Waals surface area contributed by atoms with E-state index in [0.717, 1.165) is 32.7 Å². The van der Waals surface area contributed by atoms with Gasteiger partial charge in [-0.05, 0) is 34.8 Å². The van der Waals surface area contributed by atoms with E-state index >= 15 is 0 Å². The minimum Gasteiger partial charge on any atom is -0.249 e. The molecule has 12 atom stereocenters. The lowest BCUT2D eigenvalue weighted by Crippen LogP contribution is -2.14. The molecule has 18 rings (SSSR count). The zero-order valence-electron chi connectivity index (χ0n) is 36.7. The molecule has 10 fully saturated rings. The standard InChI is InChI=1S/C45H44S24/c1-3-5-7-9-14(46)18-19(15(47)10-8-6-4-2)53-34(52-18)38-60-42-43(61-38)65-40(64-42)36-56-30(48)32(58-36)50-13-51-33-31(49)57-37(59-33)41-66-44-45(67-41)63-39(62-44)35-54-20(24-28-26-22-16-11-68(16,22,24,26)28)21(55-35)25-29-27-23-17-12-69(17,23,25,27)29/h14-17,22-29,46-49H,3-13H2,1-2H3. The molecule has 18 heterocycles. The van der Waals surface area contributed by atoms with Crippen LogP contribution in [-0.2, 0) is 0 Å². The van der Waals surface area contributed by atoms with Gasteiger partial charge in [-0.3, -0.25) is 0 Å². The van der Waals surface area contributed by atoms with Gasteiger partial charge in [-0.1, -0.05) is 241 Å². The fourth-order valence-electron chi connectivity index (χ4n) is 16.4. The van der Waals surface area contributed by atoms with E-state index in [0.29, 0.717) is 10.5 Å². The summed E-state index contributed by atoms with van der Waals surface area (Å²) in [4.78, 5) is 7.03. The number of fused-ring (bicyclic) bond motifs is 6. The summed E-state index contributed by atoms with van der Waals surface area (Å²) < 4.78 is 23.0. The van der Waals surface area contributed by atoms with Crippen molar-refractivity contribution in [3.63, 3.8) is 0 Å². The van der Waals surface area contributed by atoms with Gasteiger partial charge in [-0.15, -0.1) is 48.8 Å². The molecule has 0 bridgehead atoms. The molecule has 368 valence electrons. The Hall–Kier alpha value is 5.80. The number of hydrogen-bond acceptors (Lipinski definition) is 22. The van der Waals surface area contributed by atoms with Crippen molar-refractivity contribution in [3.8, 4) is 0 Å². The van der Waals surface area contributed by atoms with E-state index < -0.39 is 16.6 Å². The number of thioether (sulfide) groups is 18. The minimum atomic E-state index is -1.27. The zero-order chi connectivity index (χ0) is 45.8. The molecule has 0 N–H and O–H groups in total. The molecule has 18 aliphatic heterocycles. The van der Waals surface area contributed by atoms with Crippen molar-refractivity contribution in [1.82, 2.24) is 0 Å². The van der Waals surface area contributed by atoms with E-state index in [1.165, 1.54) is 137 Å². The molecule has 0 radical (unpaired) electrons. The van der Waals surface area contributed by atoms with Gasteiger partial charge < -0.3 is 0 Å². The normalized spacial score (nSPS) is 44.4. The Morgan fingerprint density at radius 3 is 1.09 bits per heavy atom. The molecule has 0 aromatic carbocycles. The Bertz CT molecular complexity index is 2930. The molecule has 69 heavy (non-hydrogen) atoms. The average Bonchev–Trinajstić information content (AvgIpc) is 4.29. The summed E-state index contributed by atoms with van der Waals surface area (Å²) in [5, 5.41) is 14.4. The lowest BCUT2D eigenvalue weighted by Gasteiger charge is -2.20. The quantitative estimate of drug-likeness (QED) is 0.0501. The Morgan fingerprint density at radius 1 is 0.435 bits per heavy atom. The zero-order valence-corrected chi connectivity index (χ0v) is 56.6. The molecule has 12 unspecified atom stereocenters. The number of hydrogen-bond donors (Lipinski definition) is 4. The summed E-state index contributed by atoms with van der Waals surface area (Å²) in [5.41, 5.74) is 0. The Labute approximate surface area is 503 Å². The summed E-state index contributed by atoms with van der Waals surface area (Å²) >= 11 is 57.0. The van der Waals surface area contributed by atoms with Gasteiger partial charge in [-0.25, -0.2) is 16.6 Å². The van der Waals surface area contributed by atoms with Crippen molar-refractivity contribution in [2.45, 2.75) is 128 Å². The lowest BCUT2D eigenvalue weighted by molar-refractivity contribution is 0.670. The van der Waals surface area contributed by atoms with E-state index in [1.54, 1.807) is 28.5 Å². The van der Waals surface area contributed by atoms with Gasteiger partial charge in [0, 0.05) is 77.2 Å². The topological polar surface area (TPSA) is 0 Å². The van der Waals surface area contributed by atoms with Crippen LogP contribution in [0.15, 0.2) is 87.4 Å². The second kappa shape index (κ2) is 15.1. The molecule has 0 aromatic heterocycles. The summed E-state index contributed by atoms with van der Waals surface area (Å²) in [5.74, 6) is 3.53. The van der Waals surface area contributed by atoms with Gasteiger partial charge in [0.15, 0.2) is 0 Å². The summed E-state index contributed by atoms with van der Waals surface area (Å²) in [7, 11) is -2.53. The molecule has 24 heteroatoms. The van der Waals surface area contributed by atoms with Crippen molar-refractivity contribution < 1.29 is 0 Å². The van der Waals surface area contributed by atoms with Crippen molar-refractivity contribution >= 4 is 279 Å². The SMILES string of the molecule is CCCCCC(S)C1=C(C(S)CCCCC)SC(=C2SC3=C(SC(=C4SC(S)=C(SCSC5=C(S)SC(=C6SC7=C(S6)SC(=C6SC(C8C9C%10C%11C%12CS%128%119%10)=C(C8C9C%10C%11C%12CS%128%119%10)S6)S7)S5)S4)S3)S2)S1. The first-order valence-corrected chi connectivity index (χ1v) is 46.6. The third-order valence-corrected chi connectivity index (χ3v) is 71.3. The fraction of sp³-hybridized carbons (Fsp3) is 0.556. The maximum atomic E-state index is 5.19. The smallest absolute Gasteiger partial charge is 0.0718 e. The second-order valence-electron chi connectivity index (χ2n) is 21.6. The van der Waals surface area contributed by atoms with E-state index in [-0.39, 0.29) is 0 Å². The summed E-state index contributed by atoms with van der Waals surface area (Å²) in [6.07, 6.45) is 9.87. The van der Waals surface area contributed by atoms with Crippen molar-refractivity contribution in [2.24, 2.45) is 0 Å². The van der Waals surface area contributed by atoms with Crippen LogP contribution in [0.1, 0.15) is 65.2 Å². The van der Waals surface area contributed by atoms with Gasteiger partial charge >= 0.3 is 0 Å². The summed E-state index contributed by atoms with van der Waals surface area (Å²) in [6, 6.07) is 0. The Morgan fingerprint density at radius 2 is 0.783 bits per heavy atom. The van der Waals surface area contributed by atoms with Crippen LogP contribution in [0.5, 0.6) is 0 Å². The molecule has 0 aromatic rings. The number of rotatable bonds is 16. The van der Waals surface area contributed by atoms with E-state index in [4.69, 9.17) is 50.5 Å². The first-order chi connectivity index (χ1) is 33.5. The highest BCUT2D eigenvalue weighted by molar-refractivity contribution is 8.94. The molecule has 18 aliphatic rings. The van der Waals surface area contributed by atoms with Gasteiger partial charge in [-0.2, -0.15) is 25.3 Å². The van der Waals surface area contributed by atoms with Crippen LogP contribution in [-0.4, -0.2) is 79.6 Å². The second-order valence-corrected chi connectivity index (χ2v) is 61.7. The van der Waals surface area contributed by atoms with Crippen molar-refractivity contribution in [2.75, 3.05) is 16.6 Å². The highest BCUT2D eigenvalue weighted by atomic mass is 32.4. The van der Waals surface area contributed by atoms with Crippen LogP contribution in [0.2, 0.25) is 0 Å². The van der Waals surface area contributed by atoms with Gasteiger partial charge in [0.25, 0.3) is 0 Å². The molecule has 2 spiro atoms. The highest BCUT2D eigenvalue weighted by Crippen LogP contribution is 3.62.